The number of anilines is 1. The van der Waals surface area contributed by atoms with Crippen molar-refractivity contribution in [3.8, 4) is 0 Å². The second-order valence-corrected chi connectivity index (χ2v) is 6.15. The van der Waals surface area contributed by atoms with Crippen molar-refractivity contribution in [1.82, 2.24) is 15.1 Å². The van der Waals surface area contributed by atoms with E-state index in [1.807, 2.05) is 47.4 Å². The third-order valence-corrected chi connectivity index (χ3v) is 4.35. The number of rotatable bonds is 5. The molecule has 24 heavy (non-hydrogen) atoms. The van der Waals surface area contributed by atoms with Gasteiger partial charge in [-0.3, -0.25) is 4.79 Å². The lowest BCUT2D eigenvalue weighted by atomic mass is 10.0. The Kier molecular flexibility index (Phi) is 5.38. The Morgan fingerprint density at radius 2 is 1.96 bits per heavy atom. The van der Waals surface area contributed by atoms with E-state index in [1.165, 1.54) is 0 Å². The molecule has 6 nitrogen and oxygen atoms in total. The number of hydrogen-bond acceptors (Lipinski definition) is 5. The molecule has 1 aromatic heterocycles. The van der Waals surface area contributed by atoms with Crippen molar-refractivity contribution in [1.29, 1.82) is 0 Å². The van der Waals surface area contributed by atoms with Gasteiger partial charge in [0.1, 0.15) is 5.82 Å². The van der Waals surface area contributed by atoms with Crippen LogP contribution in [0.25, 0.3) is 0 Å². The van der Waals surface area contributed by atoms with Crippen LogP contribution in [0.1, 0.15) is 18.4 Å². The number of carbonyl (C=O) groups excluding carboxylic acids is 1. The van der Waals surface area contributed by atoms with Crippen LogP contribution >= 0.6 is 0 Å². The zero-order valence-electron chi connectivity index (χ0n) is 13.6. The fraction of sp³-hybridized carbons (Fsp3) is 0.389. The predicted octanol–water partition coefficient (Wildman–Crippen LogP) is 1.45. The largest absolute Gasteiger partial charge is 0.366 e. The number of hydrogen-bond donors (Lipinski definition) is 2. The maximum absolute atomic E-state index is 12.5. The molecule has 3 N–H and O–H groups in total. The average molecular weight is 325 g/mol. The van der Waals surface area contributed by atoms with Crippen LogP contribution in [0.5, 0.6) is 0 Å². The van der Waals surface area contributed by atoms with Crippen molar-refractivity contribution in [2.45, 2.75) is 31.3 Å². The van der Waals surface area contributed by atoms with Crippen molar-refractivity contribution in [3.63, 3.8) is 0 Å². The summed E-state index contributed by atoms with van der Waals surface area (Å²) in [6.45, 7) is 1.44. The molecule has 126 valence electrons. The molecule has 1 atom stereocenters. The molecule has 1 aliphatic rings. The minimum Gasteiger partial charge on any atom is -0.366 e. The van der Waals surface area contributed by atoms with Gasteiger partial charge in [0.05, 0.1) is 6.04 Å². The Balaban J connectivity index is 1.48. The molecule has 1 aromatic carbocycles. The van der Waals surface area contributed by atoms with E-state index in [0.717, 1.165) is 37.3 Å². The van der Waals surface area contributed by atoms with E-state index >= 15 is 0 Å². The lowest BCUT2D eigenvalue weighted by molar-refractivity contribution is -0.133. The summed E-state index contributed by atoms with van der Waals surface area (Å²) in [5.74, 6) is 0.819. The first-order valence-electron chi connectivity index (χ1n) is 8.35. The Morgan fingerprint density at radius 3 is 2.62 bits per heavy atom. The highest BCUT2D eigenvalue weighted by molar-refractivity contribution is 5.82. The lowest BCUT2D eigenvalue weighted by Crippen LogP contribution is -2.49. The highest BCUT2D eigenvalue weighted by atomic mass is 16.2. The van der Waals surface area contributed by atoms with Gasteiger partial charge in [-0.2, -0.15) is 5.10 Å². The number of nitrogens with zero attached hydrogens (tertiary/aromatic N) is 3. The molecule has 1 fully saturated rings. The van der Waals surface area contributed by atoms with Crippen molar-refractivity contribution < 1.29 is 4.79 Å². The first kappa shape index (κ1) is 16.4. The van der Waals surface area contributed by atoms with Gasteiger partial charge in [0.15, 0.2) is 0 Å². The average Bonchev–Trinajstić information content (AvgIpc) is 2.63. The van der Waals surface area contributed by atoms with E-state index in [4.69, 9.17) is 5.73 Å². The van der Waals surface area contributed by atoms with Gasteiger partial charge >= 0.3 is 0 Å². The number of nitrogens with one attached hydrogen (secondary N) is 1. The van der Waals surface area contributed by atoms with Gasteiger partial charge in [-0.15, -0.1) is 5.10 Å². The molecular weight excluding hydrogens is 302 g/mol. The van der Waals surface area contributed by atoms with Gasteiger partial charge in [0.25, 0.3) is 0 Å². The number of nitrogens with two attached hydrogens (primary N) is 1. The minimum atomic E-state index is -0.475. The van der Waals surface area contributed by atoms with Gasteiger partial charge in [-0.05, 0) is 37.0 Å². The molecule has 0 saturated carbocycles. The smallest absolute Gasteiger partial charge is 0.239 e. The van der Waals surface area contributed by atoms with E-state index in [2.05, 4.69) is 15.5 Å². The van der Waals surface area contributed by atoms with Crippen LogP contribution in [-0.4, -0.2) is 46.2 Å². The van der Waals surface area contributed by atoms with Crippen molar-refractivity contribution >= 4 is 11.7 Å². The zero-order chi connectivity index (χ0) is 16.8. The fourth-order valence-corrected chi connectivity index (χ4v) is 3.02. The maximum Gasteiger partial charge on any atom is 0.239 e. The second kappa shape index (κ2) is 7.88. The lowest BCUT2D eigenvalue weighted by Gasteiger charge is -2.34. The Hall–Kier alpha value is -2.47. The summed E-state index contributed by atoms with van der Waals surface area (Å²) in [4.78, 5) is 14.4. The Morgan fingerprint density at radius 1 is 1.21 bits per heavy atom. The standard InChI is InChI=1S/C18H23N5O/c19-16(13-14-5-2-1-3-6-14)18(24)23-11-8-15(9-12-23)21-17-7-4-10-20-22-17/h1-7,10,15-16H,8-9,11-13,19H2,(H,21,22). The van der Waals surface area contributed by atoms with Crippen LogP contribution < -0.4 is 11.1 Å². The van der Waals surface area contributed by atoms with Gasteiger partial charge in [-0.25, -0.2) is 0 Å². The van der Waals surface area contributed by atoms with Crippen molar-refractivity contribution in [2.24, 2.45) is 5.73 Å². The summed E-state index contributed by atoms with van der Waals surface area (Å²) >= 11 is 0. The fourth-order valence-electron chi connectivity index (χ4n) is 3.02. The van der Waals surface area contributed by atoms with E-state index in [0.29, 0.717) is 12.5 Å². The number of benzene rings is 1. The minimum absolute atomic E-state index is 0.0387. The molecule has 0 spiro atoms. The van der Waals surface area contributed by atoms with Crippen LogP contribution in [0.4, 0.5) is 5.82 Å². The summed E-state index contributed by atoms with van der Waals surface area (Å²) < 4.78 is 0. The van der Waals surface area contributed by atoms with Gasteiger partial charge in [0.2, 0.25) is 5.91 Å². The maximum atomic E-state index is 12.5. The molecule has 1 aliphatic heterocycles. The van der Waals surface area contributed by atoms with E-state index in [9.17, 15) is 4.79 Å². The monoisotopic (exact) mass is 325 g/mol. The van der Waals surface area contributed by atoms with Gasteiger partial charge in [-0.1, -0.05) is 30.3 Å². The number of aromatic nitrogens is 2. The SMILES string of the molecule is NC(Cc1ccccc1)C(=O)N1CCC(Nc2cccnn2)CC1. The molecule has 2 aromatic rings. The molecule has 0 radical (unpaired) electrons. The number of piperidine rings is 1. The summed E-state index contributed by atoms with van der Waals surface area (Å²) in [5.41, 5.74) is 7.21. The predicted molar refractivity (Wildman–Crippen MR) is 93.4 cm³/mol. The van der Waals surface area contributed by atoms with Crippen molar-refractivity contribution in [3.05, 3.63) is 54.2 Å². The Labute approximate surface area is 142 Å². The Bertz CT molecular complexity index is 641. The first-order valence-corrected chi connectivity index (χ1v) is 8.35. The summed E-state index contributed by atoms with van der Waals surface area (Å²) in [6, 6.07) is 13.5. The number of carbonyl (C=O) groups is 1. The highest BCUT2D eigenvalue weighted by Crippen LogP contribution is 2.16. The second-order valence-electron chi connectivity index (χ2n) is 6.15. The van der Waals surface area contributed by atoms with Crippen LogP contribution in [0.15, 0.2) is 48.7 Å². The number of amides is 1. The van der Waals surface area contributed by atoms with Crippen LogP contribution in [-0.2, 0) is 11.2 Å². The molecule has 3 rings (SSSR count). The first-order chi connectivity index (χ1) is 11.7. The molecule has 1 amide bonds. The molecule has 1 unspecified atom stereocenters. The molecule has 2 heterocycles. The quantitative estimate of drug-likeness (QED) is 0.869. The van der Waals surface area contributed by atoms with Crippen LogP contribution in [0.3, 0.4) is 0 Å². The number of likely N-dealkylation sites (tertiary alicyclic amines) is 1. The van der Waals surface area contributed by atoms with Gasteiger partial charge in [0, 0.05) is 25.3 Å². The molecule has 6 heteroatoms. The molecule has 1 saturated heterocycles. The van der Waals surface area contributed by atoms with Gasteiger partial charge < -0.3 is 16.0 Å². The topological polar surface area (TPSA) is 84.1 Å². The van der Waals surface area contributed by atoms with Crippen LogP contribution in [0, 0.1) is 0 Å². The van der Waals surface area contributed by atoms with E-state index in [1.54, 1.807) is 6.20 Å². The third kappa shape index (κ3) is 4.29. The van der Waals surface area contributed by atoms with Crippen LogP contribution in [0.2, 0.25) is 0 Å². The normalized spacial score (nSPS) is 16.6. The van der Waals surface area contributed by atoms with Crippen molar-refractivity contribution in [2.75, 3.05) is 18.4 Å². The summed E-state index contributed by atoms with van der Waals surface area (Å²) in [5, 5.41) is 11.3. The van der Waals surface area contributed by atoms with E-state index < -0.39 is 6.04 Å². The summed E-state index contributed by atoms with van der Waals surface area (Å²) in [7, 11) is 0. The van der Waals surface area contributed by atoms with E-state index in [-0.39, 0.29) is 5.91 Å². The molecular formula is C18H23N5O. The highest BCUT2D eigenvalue weighted by Gasteiger charge is 2.26. The zero-order valence-corrected chi connectivity index (χ0v) is 13.6. The molecule has 0 bridgehead atoms. The molecule has 0 aliphatic carbocycles. The summed E-state index contributed by atoms with van der Waals surface area (Å²) in [6.07, 6.45) is 4.01. The third-order valence-electron chi connectivity index (χ3n) is 4.35.